The first-order valence-corrected chi connectivity index (χ1v) is 7.45. The van der Waals surface area contributed by atoms with E-state index in [9.17, 15) is 0 Å². The van der Waals surface area contributed by atoms with Gasteiger partial charge in [-0.15, -0.1) is 5.10 Å². The van der Waals surface area contributed by atoms with Crippen LogP contribution >= 0.6 is 15.9 Å². The molecule has 0 aliphatic heterocycles. The highest BCUT2D eigenvalue weighted by atomic mass is 79.9. The van der Waals surface area contributed by atoms with Crippen LogP contribution < -0.4 is 15.2 Å². The molecule has 118 valence electrons. The number of benzene rings is 1. The molecular weight excluding hydrogens is 364 g/mol. The number of nitrogens with two attached hydrogens (primary N) is 1. The van der Waals surface area contributed by atoms with Crippen LogP contribution in [-0.4, -0.2) is 22.3 Å². The largest absolute Gasteiger partial charge is 0.493 e. The lowest BCUT2D eigenvalue weighted by Gasteiger charge is -2.13. The summed E-state index contributed by atoms with van der Waals surface area (Å²) in [4.78, 5) is 4.06. The summed E-state index contributed by atoms with van der Waals surface area (Å²) < 4.78 is 17.2. The standard InChI is InChI=1S/C15H13BrN4O3/c1-21-12-6-10(14-19-20-15(17)23-14)5-11(16)13(12)22-8-9-3-2-4-18-7-9/h2-7H,8H2,1H3,(H2,17,20). The van der Waals surface area contributed by atoms with Gasteiger partial charge in [0.25, 0.3) is 0 Å². The van der Waals surface area contributed by atoms with Gasteiger partial charge in [0.15, 0.2) is 11.5 Å². The molecule has 0 bridgehead atoms. The third-order valence-corrected chi connectivity index (χ3v) is 3.61. The van der Waals surface area contributed by atoms with E-state index in [1.807, 2.05) is 12.1 Å². The fraction of sp³-hybridized carbons (Fsp3) is 0.133. The van der Waals surface area contributed by atoms with E-state index in [4.69, 9.17) is 19.6 Å². The van der Waals surface area contributed by atoms with Gasteiger partial charge in [0.05, 0.1) is 11.6 Å². The summed E-state index contributed by atoms with van der Waals surface area (Å²) in [5.74, 6) is 1.42. The molecule has 0 spiro atoms. The average Bonchev–Trinajstić information content (AvgIpc) is 3.00. The zero-order chi connectivity index (χ0) is 16.2. The summed E-state index contributed by atoms with van der Waals surface area (Å²) in [7, 11) is 1.56. The number of rotatable bonds is 5. The molecule has 2 N–H and O–H groups in total. The van der Waals surface area contributed by atoms with E-state index >= 15 is 0 Å². The van der Waals surface area contributed by atoms with Crippen LogP contribution in [0.1, 0.15) is 5.56 Å². The number of nitrogens with zero attached hydrogens (tertiary/aromatic N) is 3. The smallest absolute Gasteiger partial charge is 0.313 e. The molecule has 0 unspecified atom stereocenters. The molecule has 0 saturated carbocycles. The molecule has 8 heteroatoms. The van der Waals surface area contributed by atoms with E-state index in [0.717, 1.165) is 5.56 Å². The summed E-state index contributed by atoms with van der Waals surface area (Å²) in [5.41, 5.74) is 7.08. The van der Waals surface area contributed by atoms with Crippen molar-refractivity contribution in [2.75, 3.05) is 12.8 Å². The maximum absolute atomic E-state index is 5.84. The van der Waals surface area contributed by atoms with Gasteiger partial charge < -0.3 is 19.6 Å². The van der Waals surface area contributed by atoms with E-state index in [-0.39, 0.29) is 6.01 Å². The van der Waals surface area contributed by atoms with Crippen LogP contribution in [0.3, 0.4) is 0 Å². The van der Waals surface area contributed by atoms with Gasteiger partial charge in [-0.05, 0) is 34.1 Å². The molecule has 0 atom stereocenters. The fourth-order valence-corrected chi connectivity index (χ4v) is 2.53. The fourth-order valence-electron chi connectivity index (χ4n) is 1.97. The lowest BCUT2D eigenvalue weighted by atomic mass is 10.2. The number of nitrogen functional groups attached to an aromatic ring is 1. The quantitative estimate of drug-likeness (QED) is 0.730. The minimum Gasteiger partial charge on any atom is -0.493 e. The Balaban J connectivity index is 1.88. The predicted molar refractivity (Wildman–Crippen MR) is 87.0 cm³/mol. The van der Waals surface area contributed by atoms with Crippen molar-refractivity contribution in [1.82, 2.24) is 15.2 Å². The first-order valence-electron chi connectivity index (χ1n) is 6.66. The Labute approximate surface area is 140 Å². The molecule has 0 saturated heterocycles. The van der Waals surface area contributed by atoms with Crippen molar-refractivity contribution in [3.63, 3.8) is 0 Å². The summed E-state index contributed by atoms with van der Waals surface area (Å²) >= 11 is 3.47. The maximum Gasteiger partial charge on any atom is 0.313 e. The second-order valence-electron chi connectivity index (χ2n) is 4.58. The third kappa shape index (κ3) is 3.42. The molecule has 23 heavy (non-hydrogen) atoms. The van der Waals surface area contributed by atoms with Crippen LogP contribution in [0.2, 0.25) is 0 Å². The lowest BCUT2D eigenvalue weighted by molar-refractivity contribution is 0.282. The van der Waals surface area contributed by atoms with Crippen molar-refractivity contribution in [2.24, 2.45) is 0 Å². The van der Waals surface area contributed by atoms with Crippen LogP contribution in [0.15, 0.2) is 45.5 Å². The Morgan fingerprint density at radius 1 is 1.30 bits per heavy atom. The number of anilines is 1. The van der Waals surface area contributed by atoms with Gasteiger partial charge in [-0.3, -0.25) is 4.98 Å². The number of aromatic nitrogens is 3. The highest BCUT2D eigenvalue weighted by Crippen LogP contribution is 2.39. The Morgan fingerprint density at radius 3 is 2.83 bits per heavy atom. The Hall–Kier alpha value is -2.61. The van der Waals surface area contributed by atoms with Gasteiger partial charge in [0.1, 0.15) is 6.61 Å². The first kappa shape index (κ1) is 15.3. The SMILES string of the molecule is COc1cc(-c2nnc(N)o2)cc(Br)c1OCc1cccnc1. The molecule has 0 aliphatic rings. The monoisotopic (exact) mass is 376 g/mol. The average molecular weight is 377 g/mol. The summed E-state index contributed by atoms with van der Waals surface area (Å²) in [6.07, 6.45) is 3.46. The molecule has 3 rings (SSSR count). The van der Waals surface area contributed by atoms with Crippen molar-refractivity contribution in [3.8, 4) is 23.0 Å². The van der Waals surface area contributed by atoms with E-state index in [1.165, 1.54) is 0 Å². The van der Waals surface area contributed by atoms with Crippen LogP contribution in [0, 0.1) is 0 Å². The molecule has 1 aromatic carbocycles. The molecule has 0 radical (unpaired) electrons. The Morgan fingerprint density at radius 2 is 2.17 bits per heavy atom. The van der Waals surface area contributed by atoms with Crippen molar-refractivity contribution < 1.29 is 13.9 Å². The van der Waals surface area contributed by atoms with Crippen LogP contribution in [-0.2, 0) is 6.61 Å². The molecule has 7 nitrogen and oxygen atoms in total. The summed E-state index contributed by atoms with van der Waals surface area (Å²) in [6, 6.07) is 7.34. The Bertz CT molecular complexity index is 808. The van der Waals surface area contributed by atoms with Gasteiger partial charge in [0.2, 0.25) is 5.89 Å². The summed E-state index contributed by atoms with van der Waals surface area (Å²) in [6.45, 7) is 0.371. The van der Waals surface area contributed by atoms with Crippen molar-refractivity contribution >= 4 is 21.9 Å². The lowest BCUT2D eigenvalue weighted by Crippen LogP contribution is -1.99. The third-order valence-electron chi connectivity index (χ3n) is 3.02. The van der Waals surface area contributed by atoms with Crippen molar-refractivity contribution in [1.29, 1.82) is 0 Å². The topological polar surface area (TPSA) is 96.3 Å². The highest BCUT2D eigenvalue weighted by molar-refractivity contribution is 9.10. The molecular formula is C15H13BrN4O3. The molecule has 0 amide bonds. The van der Waals surface area contributed by atoms with E-state index < -0.39 is 0 Å². The molecule has 0 fully saturated rings. The second kappa shape index (κ2) is 6.66. The van der Waals surface area contributed by atoms with Crippen molar-refractivity contribution in [2.45, 2.75) is 6.61 Å². The minimum atomic E-state index is 0.00648. The number of pyridine rings is 1. The van der Waals surface area contributed by atoms with Crippen LogP contribution in [0.25, 0.3) is 11.5 Å². The van der Waals surface area contributed by atoms with Gasteiger partial charge in [-0.25, -0.2) is 0 Å². The van der Waals surface area contributed by atoms with Gasteiger partial charge in [-0.1, -0.05) is 11.2 Å². The first-order chi connectivity index (χ1) is 11.2. The van der Waals surface area contributed by atoms with E-state index in [1.54, 1.807) is 31.6 Å². The molecule has 2 heterocycles. The van der Waals surface area contributed by atoms with Crippen LogP contribution in [0.4, 0.5) is 6.01 Å². The number of hydrogen-bond donors (Lipinski definition) is 1. The zero-order valence-corrected chi connectivity index (χ0v) is 13.8. The van der Waals surface area contributed by atoms with E-state index in [2.05, 4.69) is 31.1 Å². The predicted octanol–water partition coefficient (Wildman–Crippen LogP) is 3.06. The summed E-state index contributed by atoms with van der Waals surface area (Å²) in [5, 5.41) is 7.50. The number of hydrogen-bond acceptors (Lipinski definition) is 7. The number of ether oxygens (including phenoxy) is 2. The van der Waals surface area contributed by atoms with Gasteiger partial charge in [-0.2, -0.15) is 0 Å². The highest BCUT2D eigenvalue weighted by Gasteiger charge is 2.16. The second-order valence-corrected chi connectivity index (χ2v) is 5.44. The van der Waals surface area contributed by atoms with Crippen molar-refractivity contribution in [3.05, 3.63) is 46.7 Å². The van der Waals surface area contributed by atoms with E-state index in [0.29, 0.717) is 34.0 Å². The maximum atomic E-state index is 5.84. The molecule has 3 aromatic rings. The zero-order valence-electron chi connectivity index (χ0n) is 12.2. The van der Waals surface area contributed by atoms with Gasteiger partial charge in [0, 0.05) is 23.5 Å². The molecule has 2 aromatic heterocycles. The van der Waals surface area contributed by atoms with Gasteiger partial charge >= 0.3 is 6.01 Å². The number of halogens is 1. The molecule has 0 aliphatic carbocycles. The Kier molecular flexibility index (Phi) is 4.42. The number of methoxy groups -OCH3 is 1. The minimum absolute atomic E-state index is 0.00648. The van der Waals surface area contributed by atoms with Crippen LogP contribution in [0.5, 0.6) is 11.5 Å². The normalized spacial score (nSPS) is 10.5.